The highest BCUT2D eigenvalue weighted by Gasteiger charge is 2.55. The number of benzene rings is 1. The maximum absolute atomic E-state index is 12.7. The number of anilines is 1. The van der Waals surface area contributed by atoms with E-state index in [2.05, 4.69) is 5.32 Å². The molecule has 4 amide bonds. The van der Waals surface area contributed by atoms with Crippen molar-refractivity contribution in [3.63, 3.8) is 0 Å². The van der Waals surface area contributed by atoms with Gasteiger partial charge >= 0.3 is 6.03 Å². The summed E-state index contributed by atoms with van der Waals surface area (Å²) in [5.74, 6) is -0.940. The van der Waals surface area contributed by atoms with Crippen LogP contribution in [0.5, 0.6) is 0 Å². The SMILES string of the molecule is O=C1NC(=O)C2(CCCC2)C(=O)N1c1ccccc1Cl. The number of imide groups is 2. The third-order valence-electron chi connectivity index (χ3n) is 4.02. The molecule has 0 bridgehead atoms. The molecule has 3 rings (SSSR count). The molecule has 0 unspecified atom stereocenters. The van der Waals surface area contributed by atoms with Crippen LogP contribution in [0.3, 0.4) is 0 Å². The van der Waals surface area contributed by atoms with Crippen molar-refractivity contribution in [2.75, 3.05) is 4.90 Å². The summed E-state index contributed by atoms with van der Waals surface area (Å²) in [4.78, 5) is 37.8. The normalized spacial score (nSPS) is 21.4. The fourth-order valence-electron chi connectivity index (χ4n) is 2.95. The average Bonchev–Trinajstić information content (AvgIpc) is 2.90. The van der Waals surface area contributed by atoms with Crippen molar-refractivity contribution >= 4 is 35.1 Å². The second-order valence-corrected chi connectivity index (χ2v) is 5.55. The predicted molar refractivity (Wildman–Crippen MR) is 73.4 cm³/mol. The Balaban J connectivity index is 2.07. The van der Waals surface area contributed by atoms with E-state index in [1.165, 1.54) is 0 Å². The lowest BCUT2D eigenvalue weighted by molar-refractivity contribution is -0.142. The molecule has 0 radical (unpaired) electrons. The Bertz CT molecular complexity index is 608. The minimum atomic E-state index is -1.10. The van der Waals surface area contributed by atoms with Crippen LogP contribution >= 0.6 is 11.6 Å². The van der Waals surface area contributed by atoms with Crippen LogP contribution in [0.1, 0.15) is 25.7 Å². The number of hydrogen-bond donors (Lipinski definition) is 1. The molecule has 5 nitrogen and oxygen atoms in total. The van der Waals surface area contributed by atoms with Gasteiger partial charge in [0.2, 0.25) is 5.91 Å². The standard InChI is InChI=1S/C14H13ClN2O3/c15-9-5-1-2-6-10(9)17-12(19)14(7-3-4-8-14)11(18)16-13(17)20/h1-2,5-6H,3-4,7-8H2,(H,16,18,20). The third kappa shape index (κ3) is 1.73. The minimum absolute atomic E-state index is 0.304. The predicted octanol–water partition coefficient (Wildman–Crippen LogP) is 2.48. The minimum Gasteiger partial charge on any atom is -0.276 e. The first-order valence-electron chi connectivity index (χ1n) is 6.51. The maximum Gasteiger partial charge on any atom is 0.335 e. The summed E-state index contributed by atoms with van der Waals surface area (Å²) in [6, 6.07) is 5.88. The first kappa shape index (κ1) is 13.1. The van der Waals surface area contributed by atoms with Crippen molar-refractivity contribution in [3.05, 3.63) is 29.3 Å². The van der Waals surface area contributed by atoms with Crippen molar-refractivity contribution in [1.29, 1.82) is 0 Å². The molecule has 0 aromatic heterocycles. The van der Waals surface area contributed by atoms with Crippen LogP contribution in [0.15, 0.2) is 24.3 Å². The van der Waals surface area contributed by atoms with Crippen molar-refractivity contribution in [3.8, 4) is 0 Å². The lowest BCUT2D eigenvalue weighted by Crippen LogP contribution is -2.63. The van der Waals surface area contributed by atoms with Gasteiger partial charge in [0.05, 0.1) is 10.7 Å². The van der Waals surface area contributed by atoms with E-state index in [1.807, 2.05) is 0 Å². The van der Waals surface area contributed by atoms with Gasteiger partial charge in [0.15, 0.2) is 0 Å². The van der Waals surface area contributed by atoms with Gasteiger partial charge in [0, 0.05) is 0 Å². The lowest BCUT2D eigenvalue weighted by atomic mass is 9.82. The Morgan fingerprint density at radius 3 is 2.40 bits per heavy atom. The van der Waals surface area contributed by atoms with Crippen molar-refractivity contribution in [1.82, 2.24) is 5.32 Å². The zero-order chi connectivity index (χ0) is 14.3. The quantitative estimate of drug-likeness (QED) is 0.809. The molecule has 2 fully saturated rings. The van der Waals surface area contributed by atoms with Crippen molar-refractivity contribution < 1.29 is 14.4 Å². The summed E-state index contributed by atoms with van der Waals surface area (Å²) < 4.78 is 0. The second kappa shape index (κ2) is 4.59. The molecule has 20 heavy (non-hydrogen) atoms. The smallest absolute Gasteiger partial charge is 0.276 e. The number of carbonyl (C=O) groups is 3. The Morgan fingerprint density at radius 1 is 1.10 bits per heavy atom. The molecule has 1 spiro atoms. The molecule has 104 valence electrons. The van der Waals surface area contributed by atoms with E-state index in [0.717, 1.165) is 17.7 Å². The summed E-state index contributed by atoms with van der Waals surface area (Å²) in [6.45, 7) is 0. The first-order chi connectivity index (χ1) is 9.56. The maximum atomic E-state index is 12.7. The number of urea groups is 1. The zero-order valence-corrected chi connectivity index (χ0v) is 11.4. The second-order valence-electron chi connectivity index (χ2n) is 5.14. The van der Waals surface area contributed by atoms with Crippen LogP contribution in [-0.2, 0) is 9.59 Å². The molecule has 1 saturated carbocycles. The van der Waals surface area contributed by atoms with Gasteiger partial charge in [-0.25, -0.2) is 9.69 Å². The molecular formula is C14H13ClN2O3. The van der Waals surface area contributed by atoms with Gasteiger partial charge in [0.25, 0.3) is 5.91 Å². The van der Waals surface area contributed by atoms with Gasteiger partial charge < -0.3 is 0 Å². The fraction of sp³-hybridized carbons (Fsp3) is 0.357. The molecule has 1 aliphatic carbocycles. The molecule has 6 heteroatoms. The summed E-state index contributed by atoms with van der Waals surface area (Å²) >= 11 is 6.06. The number of nitrogens with zero attached hydrogens (tertiary/aromatic N) is 1. The molecule has 1 heterocycles. The van der Waals surface area contributed by atoms with E-state index in [1.54, 1.807) is 24.3 Å². The number of amides is 4. The van der Waals surface area contributed by atoms with Crippen molar-refractivity contribution in [2.24, 2.45) is 5.41 Å². The van der Waals surface area contributed by atoms with E-state index < -0.39 is 23.3 Å². The summed E-state index contributed by atoms with van der Waals surface area (Å²) in [5.41, 5.74) is -0.789. The van der Waals surface area contributed by atoms with Crippen LogP contribution < -0.4 is 10.2 Å². The van der Waals surface area contributed by atoms with Crippen LogP contribution in [0.2, 0.25) is 5.02 Å². The summed E-state index contributed by atoms with van der Waals surface area (Å²) in [7, 11) is 0. The Kier molecular flexibility index (Phi) is 3.01. The lowest BCUT2D eigenvalue weighted by Gasteiger charge is -2.36. The van der Waals surface area contributed by atoms with Crippen LogP contribution in [0, 0.1) is 5.41 Å². The highest BCUT2D eigenvalue weighted by Crippen LogP contribution is 2.43. The van der Waals surface area contributed by atoms with E-state index in [4.69, 9.17) is 11.6 Å². The Morgan fingerprint density at radius 2 is 1.75 bits per heavy atom. The number of rotatable bonds is 1. The monoisotopic (exact) mass is 292 g/mol. The van der Waals surface area contributed by atoms with E-state index >= 15 is 0 Å². The van der Waals surface area contributed by atoms with E-state index in [0.29, 0.717) is 23.6 Å². The Hall–Kier alpha value is -1.88. The van der Waals surface area contributed by atoms with Crippen LogP contribution in [0.25, 0.3) is 0 Å². The number of barbiturate groups is 1. The third-order valence-corrected chi connectivity index (χ3v) is 4.34. The number of carbonyl (C=O) groups excluding carboxylic acids is 3. The molecule has 1 aromatic rings. The van der Waals surface area contributed by atoms with Gasteiger partial charge in [-0.1, -0.05) is 36.6 Å². The van der Waals surface area contributed by atoms with Crippen LogP contribution in [-0.4, -0.2) is 17.8 Å². The molecule has 1 saturated heterocycles. The molecule has 1 aromatic carbocycles. The molecular weight excluding hydrogens is 280 g/mol. The zero-order valence-electron chi connectivity index (χ0n) is 10.7. The highest BCUT2D eigenvalue weighted by molar-refractivity contribution is 6.37. The van der Waals surface area contributed by atoms with E-state index in [-0.39, 0.29) is 0 Å². The highest BCUT2D eigenvalue weighted by atomic mass is 35.5. The number of nitrogens with one attached hydrogen (secondary N) is 1. The summed E-state index contributed by atoms with van der Waals surface area (Å²) in [5, 5.41) is 2.59. The number of halogens is 1. The van der Waals surface area contributed by atoms with E-state index in [9.17, 15) is 14.4 Å². The summed E-state index contributed by atoms with van der Waals surface area (Å²) in [6.07, 6.45) is 2.57. The molecule has 0 atom stereocenters. The molecule has 2 aliphatic rings. The Labute approximate surface area is 120 Å². The van der Waals surface area contributed by atoms with Gasteiger partial charge in [-0.3, -0.25) is 14.9 Å². The van der Waals surface area contributed by atoms with Gasteiger partial charge in [-0.2, -0.15) is 0 Å². The van der Waals surface area contributed by atoms with Crippen LogP contribution in [0.4, 0.5) is 10.5 Å². The first-order valence-corrected chi connectivity index (χ1v) is 6.88. The number of hydrogen-bond acceptors (Lipinski definition) is 3. The molecule has 1 N–H and O–H groups in total. The number of para-hydroxylation sites is 1. The van der Waals surface area contributed by atoms with Gasteiger partial charge in [-0.15, -0.1) is 0 Å². The topological polar surface area (TPSA) is 66.5 Å². The fourth-order valence-corrected chi connectivity index (χ4v) is 3.17. The van der Waals surface area contributed by atoms with Gasteiger partial charge in [-0.05, 0) is 25.0 Å². The van der Waals surface area contributed by atoms with Crippen molar-refractivity contribution in [2.45, 2.75) is 25.7 Å². The average molecular weight is 293 g/mol. The van der Waals surface area contributed by atoms with Gasteiger partial charge in [0.1, 0.15) is 5.41 Å². The molecule has 1 aliphatic heterocycles. The largest absolute Gasteiger partial charge is 0.335 e.